The molecule has 1 amide bonds. The molecule has 7 nitrogen and oxygen atoms in total. The Bertz CT molecular complexity index is 1510. The summed E-state index contributed by atoms with van der Waals surface area (Å²) in [5, 5.41) is 3.02. The summed E-state index contributed by atoms with van der Waals surface area (Å²) in [5.41, 5.74) is 1.35. The Morgan fingerprint density at radius 2 is 1.65 bits per heavy atom. The van der Waals surface area contributed by atoms with Crippen molar-refractivity contribution in [1.29, 1.82) is 0 Å². The molecule has 4 aromatic rings. The van der Waals surface area contributed by atoms with Gasteiger partial charge in [0.05, 0.1) is 17.0 Å². The van der Waals surface area contributed by atoms with Gasteiger partial charge < -0.3 is 14.6 Å². The van der Waals surface area contributed by atoms with Gasteiger partial charge in [-0.25, -0.2) is 8.42 Å². The van der Waals surface area contributed by atoms with Gasteiger partial charge in [0, 0.05) is 17.3 Å². The molecule has 1 N–H and O–H groups in total. The molecule has 0 aliphatic rings. The Kier molecular flexibility index (Phi) is 6.51. The van der Waals surface area contributed by atoms with Crippen molar-refractivity contribution >= 4 is 32.3 Å². The Morgan fingerprint density at radius 3 is 2.32 bits per heavy atom. The molecule has 0 aliphatic carbocycles. The quantitative estimate of drug-likeness (QED) is 0.432. The molecule has 34 heavy (non-hydrogen) atoms. The number of sulfone groups is 1. The molecule has 1 heterocycles. The zero-order chi connectivity index (χ0) is 24.3. The van der Waals surface area contributed by atoms with Gasteiger partial charge in [0.25, 0.3) is 0 Å². The highest BCUT2D eigenvalue weighted by Crippen LogP contribution is 2.22. The number of nitrogens with zero attached hydrogens (tertiary/aromatic N) is 1. The van der Waals surface area contributed by atoms with Gasteiger partial charge in [-0.05, 0) is 62.4 Å². The van der Waals surface area contributed by atoms with Crippen LogP contribution in [0.1, 0.15) is 12.5 Å². The van der Waals surface area contributed by atoms with Crippen LogP contribution in [0.5, 0.6) is 5.75 Å². The van der Waals surface area contributed by atoms with E-state index in [-0.39, 0.29) is 27.6 Å². The van der Waals surface area contributed by atoms with Crippen LogP contribution in [0.4, 0.5) is 5.69 Å². The van der Waals surface area contributed by atoms with E-state index in [0.717, 1.165) is 5.56 Å². The van der Waals surface area contributed by atoms with Crippen LogP contribution < -0.4 is 15.5 Å². The molecule has 174 valence electrons. The number of para-hydroxylation sites is 1. The van der Waals surface area contributed by atoms with E-state index >= 15 is 0 Å². The second kappa shape index (κ2) is 9.52. The number of benzene rings is 3. The third-order valence-corrected chi connectivity index (χ3v) is 7.10. The molecule has 3 aromatic carbocycles. The number of hydrogen-bond acceptors (Lipinski definition) is 5. The van der Waals surface area contributed by atoms with Crippen LogP contribution in [0.3, 0.4) is 0 Å². The number of rotatable bonds is 7. The van der Waals surface area contributed by atoms with Crippen molar-refractivity contribution in [3.8, 4) is 5.75 Å². The molecular formula is C26H24N2O5S. The van der Waals surface area contributed by atoms with Gasteiger partial charge in [-0.3, -0.25) is 9.59 Å². The highest BCUT2D eigenvalue weighted by molar-refractivity contribution is 7.91. The fourth-order valence-corrected chi connectivity index (χ4v) is 5.01. The Balaban J connectivity index is 1.71. The van der Waals surface area contributed by atoms with Gasteiger partial charge in [0.15, 0.2) is 0 Å². The van der Waals surface area contributed by atoms with E-state index in [0.29, 0.717) is 23.6 Å². The predicted octanol–water partition coefficient (Wildman–Crippen LogP) is 4.18. The Labute approximate surface area is 197 Å². The van der Waals surface area contributed by atoms with E-state index in [1.54, 1.807) is 60.7 Å². The minimum absolute atomic E-state index is 0.0240. The van der Waals surface area contributed by atoms with Crippen LogP contribution in [0.25, 0.3) is 10.9 Å². The summed E-state index contributed by atoms with van der Waals surface area (Å²) < 4.78 is 33.5. The second-order valence-electron chi connectivity index (χ2n) is 7.79. The van der Waals surface area contributed by atoms with Gasteiger partial charge in [-0.15, -0.1) is 0 Å². The zero-order valence-corrected chi connectivity index (χ0v) is 19.6. The van der Waals surface area contributed by atoms with Crippen molar-refractivity contribution in [3.05, 3.63) is 94.8 Å². The fourth-order valence-electron chi connectivity index (χ4n) is 3.64. The highest BCUT2D eigenvalue weighted by Gasteiger charge is 2.24. The lowest BCUT2D eigenvalue weighted by Crippen LogP contribution is -2.23. The number of nitrogens with one attached hydrogen (secondary N) is 1. The maximum atomic E-state index is 13.3. The lowest BCUT2D eigenvalue weighted by atomic mass is 10.2. The van der Waals surface area contributed by atoms with Crippen molar-refractivity contribution in [2.24, 2.45) is 0 Å². The molecular weight excluding hydrogens is 452 g/mol. The third kappa shape index (κ3) is 4.72. The van der Waals surface area contributed by atoms with Gasteiger partial charge in [0.1, 0.15) is 17.2 Å². The molecule has 1 aromatic heterocycles. The number of ether oxygens (including phenoxy) is 1. The molecule has 0 spiro atoms. The number of anilines is 1. The van der Waals surface area contributed by atoms with E-state index in [1.165, 1.54) is 22.9 Å². The summed E-state index contributed by atoms with van der Waals surface area (Å²) in [6.07, 6.45) is 1.25. The number of aryl methyl sites for hydroxylation is 1. The Hall–Kier alpha value is -3.91. The fraction of sp³-hybridized carbons (Fsp3) is 0.154. The van der Waals surface area contributed by atoms with Crippen LogP contribution in [-0.2, 0) is 21.2 Å². The van der Waals surface area contributed by atoms with Crippen molar-refractivity contribution in [2.45, 2.75) is 30.2 Å². The van der Waals surface area contributed by atoms with Crippen molar-refractivity contribution in [2.75, 3.05) is 11.9 Å². The molecule has 0 radical (unpaired) electrons. The number of fused-ring (bicyclic) bond motifs is 1. The van der Waals surface area contributed by atoms with Gasteiger partial charge in [0.2, 0.25) is 21.2 Å². The number of carbonyl (C=O) groups is 1. The molecule has 0 saturated carbocycles. The summed E-state index contributed by atoms with van der Waals surface area (Å²) in [6, 6.07) is 19.9. The normalized spacial score (nSPS) is 11.4. The van der Waals surface area contributed by atoms with E-state index in [2.05, 4.69) is 5.32 Å². The standard InChI is InChI=1S/C26H24N2O5S/c1-3-33-20-12-10-19(11-13-20)27-25(29)17-28-16-24(26(30)22-6-4-5-7-23(22)28)34(31,32)21-14-8-18(2)9-15-21/h4-16H,3,17H2,1-2H3,(H,27,29). The molecule has 0 bridgehead atoms. The summed E-state index contributed by atoms with van der Waals surface area (Å²) in [7, 11) is -4.08. The van der Waals surface area contributed by atoms with Gasteiger partial charge in [-0.1, -0.05) is 29.8 Å². The summed E-state index contributed by atoms with van der Waals surface area (Å²) >= 11 is 0. The topological polar surface area (TPSA) is 94.5 Å². The number of pyridine rings is 1. The van der Waals surface area contributed by atoms with Crippen LogP contribution >= 0.6 is 0 Å². The molecule has 0 atom stereocenters. The van der Waals surface area contributed by atoms with E-state index in [9.17, 15) is 18.0 Å². The second-order valence-corrected chi connectivity index (χ2v) is 9.71. The molecule has 0 saturated heterocycles. The summed E-state index contributed by atoms with van der Waals surface area (Å²) in [6.45, 7) is 4.10. The average molecular weight is 477 g/mol. The largest absolute Gasteiger partial charge is 0.494 e. The lowest BCUT2D eigenvalue weighted by Gasteiger charge is -2.14. The third-order valence-electron chi connectivity index (χ3n) is 5.34. The first-order valence-corrected chi connectivity index (χ1v) is 12.2. The van der Waals surface area contributed by atoms with Crippen LogP contribution in [-0.4, -0.2) is 25.5 Å². The summed E-state index contributed by atoms with van der Waals surface area (Å²) in [4.78, 5) is 25.6. The number of hydrogen-bond donors (Lipinski definition) is 1. The first-order chi connectivity index (χ1) is 16.3. The zero-order valence-electron chi connectivity index (χ0n) is 18.8. The number of aromatic nitrogens is 1. The first kappa shape index (κ1) is 23.3. The number of amides is 1. The SMILES string of the molecule is CCOc1ccc(NC(=O)Cn2cc(S(=O)(=O)c3ccc(C)cc3)c(=O)c3ccccc32)cc1. The molecule has 0 aliphatic heterocycles. The smallest absolute Gasteiger partial charge is 0.244 e. The van der Waals surface area contributed by atoms with Gasteiger partial charge >= 0.3 is 0 Å². The lowest BCUT2D eigenvalue weighted by molar-refractivity contribution is -0.116. The molecule has 4 rings (SSSR count). The van der Waals surface area contributed by atoms with Crippen molar-refractivity contribution in [3.63, 3.8) is 0 Å². The van der Waals surface area contributed by atoms with Crippen LogP contribution in [0, 0.1) is 6.92 Å². The van der Waals surface area contributed by atoms with Crippen molar-refractivity contribution < 1.29 is 17.9 Å². The average Bonchev–Trinajstić information content (AvgIpc) is 2.82. The maximum absolute atomic E-state index is 13.3. The molecule has 0 unspecified atom stereocenters. The van der Waals surface area contributed by atoms with E-state index in [1.807, 2.05) is 13.8 Å². The Morgan fingerprint density at radius 1 is 0.971 bits per heavy atom. The first-order valence-electron chi connectivity index (χ1n) is 10.8. The van der Waals surface area contributed by atoms with Crippen molar-refractivity contribution in [1.82, 2.24) is 4.57 Å². The van der Waals surface area contributed by atoms with Gasteiger partial charge in [-0.2, -0.15) is 0 Å². The van der Waals surface area contributed by atoms with Crippen LogP contribution in [0.2, 0.25) is 0 Å². The highest BCUT2D eigenvalue weighted by atomic mass is 32.2. The molecule has 8 heteroatoms. The summed E-state index contributed by atoms with van der Waals surface area (Å²) in [5.74, 6) is 0.328. The predicted molar refractivity (Wildman–Crippen MR) is 131 cm³/mol. The van der Waals surface area contributed by atoms with E-state index < -0.39 is 15.3 Å². The minimum Gasteiger partial charge on any atom is -0.494 e. The maximum Gasteiger partial charge on any atom is 0.244 e. The van der Waals surface area contributed by atoms with E-state index in [4.69, 9.17) is 4.74 Å². The molecule has 0 fully saturated rings. The monoisotopic (exact) mass is 476 g/mol. The number of carbonyl (C=O) groups excluding carboxylic acids is 1. The van der Waals surface area contributed by atoms with Crippen LogP contribution in [0.15, 0.2) is 93.6 Å². The minimum atomic E-state index is -4.08.